The van der Waals surface area contributed by atoms with Gasteiger partial charge in [-0.25, -0.2) is 4.79 Å². The number of carbonyl (C=O) groups excluding carboxylic acids is 1. The van der Waals surface area contributed by atoms with Crippen molar-refractivity contribution < 1.29 is 33.0 Å². The molecular weight excluding hydrogens is 432 g/mol. The van der Waals surface area contributed by atoms with Crippen LogP contribution in [0.1, 0.15) is 40.1 Å². The number of carbonyl (C=O) groups is 2. The number of primary amides is 1. The molecule has 170 valence electrons. The molecule has 6 nitrogen and oxygen atoms in total. The van der Waals surface area contributed by atoms with E-state index in [1.165, 1.54) is 18.2 Å². The van der Waals surface area contributed by atoms with Crippen molar-refractivity contribution in [2.24, 2.45) is 11.7 Å². The average molecular weight is 453 g/mol. The second-order valence-corrected chi connectivity index (χ2v) is 8.18. The van der Waals surface area contributed by atoms with Gasteiger partial charge in [-0.1, -0.05) is 56.3 Å². The van der Waals surface area contributed by atoms with Gasteiger partial charge in [0.2, 0.25) is 0 Å². The lowest BCUT2D eigenvalue weighted by Crippen LogP contribution is -2.26. The summed E-state index contributed by atoms with van der Waals surface area (Å²) in [5.74, 6) is -2.70. The van der Waals surface area contributed by atoms with Gasteiger partial charge in [-0.3, -0.25) is 4.79 Å². The summed E-state index contributed by atoms with van der Waals surface area (Å²) >= 11 is 0. The molecule has 1 aliphatic rings. The Kier molecular flexibility index (Phi) is 5.53. The third-order valence-electron chi connectivity index (χ3n) is 5.30. The maximum absolute atomic E-state index is 13.6. The monoisotopic (exact) mass is 453 g/mol. The zero-order valence-electron chi connectivity index (χ0n) is 17.9. The summed E-state index contributed by atoms with van der Waals surface area (Å²) in [6.45, 7) is 4.22. The van der Waals surface area contributed by atoms with E-state index in [0.29, 0.717) is 17.0 Å². The summed E-state index contributed by atoms with van der Waals surface area (Å²) in [6.07, 6.45) is -3.07. The number of carboxylic acids is 1. The van der Waals surface area contributed by atoms with Crippen molar-refractivity contribution in [1.29, 1.82) is 0 Å². The number of hydrogen-bond donors (Lipinski definition) is 2. The molecule has 0 saturated heterocycles. The van der Waals surface area contributed by atoms with Crippen LogP contribution in [-0.2, 0) is 6.42 Å². The first kappa shape index (κ1) is 22.3. The smallest absolute Gasteiger partial charge is 0.478 e. The standard InChI is InChI=1S/C25H21F2NO5/c1-13(2)12-14-6-8-15(9-7-14)16-4-3-5-17(20(16)24(30)31)18-10-11-19-22(21(18)23(28)29)33-25(26,27)32-19/h3-11,13H,12H2,1-2H3,(H2,28,29)(H,30,31). The van der Waals surface area contributed by atoms with Gasteiger partial charge < -0.3 is 20.3 Å². The number of aromatic carboxylic acids is 1. The van der Waals surface area contributed by atoms with Crippen LogP contribution in [-0.4, -0.2) is 23.3 Å². The Balaban J connectivity index is 1.89. The first-order valence-corrected chi connectivity index (χ1v) is 10.3. The van der Waals surface area contributed by atoms with Crippen LogP contribution in [0.5, 0.6) is 11.5 Å². The molecule has 0 spiro atoms. The minimum absolute atomic E-state index is 0.0539. The number of halogens is 2. The highest BCUT2D eigenvalue weighted by Crippen LogP contribution is 2.47. The molecule has 0 aliphatic carbocycles. The zero-order valence-corrected chi connectivity index (χ0v) is 17.9. The molecule has 3 aromatic carbocycles. The molecule has 8 heteroatoms. The maximum Gasteiger partial charge on any atom is 0.586 e. The average Bonchev–Trinajstić information content (AvgIpc) is 3.06. The van der Waals surface area contributed by atoms with E-state index in [-0.39, 0.29) is 28.0 Å². The molecule has 1 aliphatic heterocycles. The Bertz CT molecular complexity index is 1250. The van der Waals surface area contributed by atoms with Crippen LogP contribution in [0.25, 0.3) is 22.3 Å². The largest absolute Gasteiger partial charge is 0.586 e. The summed E-state index contributed by atoms with van der Waals surface area (Å²) in [7, 11) is 0. The molecule has 0 saturated carbocycles. The molecule has 0 atom stereocenters. The van der Waals surface area contributed by atoms with Crippen LogP contribution in [0.4, 0.5) is 8.78 Å². The maximum atomic E-state index is 13.6. The second kappa shape index (κ2) is 8.20. The van der Waals surface area contributed by atoms with E-state index in [4.69, 9.17) is 5.73 Å². The van der Waals surface area contributed by atoms with Gasteiger partial charge in [0, 0.05) is 0 Å². The van der Waals surface area contributed by atoms with E-state index >= 15 is 0 Å². The number of alkyl halides is 2. The van der Waals surface area contributed by atoms with E-state index in [0.717, 1.165) is 12.0 Å². The van der Waals surface area contributed by atoms with E-state index in [9.17, 15) is 23.5 Å². The van der Waals surface area contributed by atoms with E-state index in [2.05, 4.69) is 23.3 Å². The highest BCUT2D eigenvalue weighted by molar-refractivity contribution is 6.09. The third-order valence-corrected chi connectivity index (χ3v) is 5.30. The van der Waals surface area contributed by atoms with Crippen molar-refractivity contribution >= 4 is 11.9 Å². The lowest BCUT2D eigenvalue weighted by Gasteiger charge is -2.15. The Morgan fingerprint density at radius 3 is 2.18 bits per heavy atom. The summed E-state index contributed by atoms with van der Waals surface area (Å²) in [5, 5.41) is 10.1. The van der Waals surface area contributed by atoms with Crippen LogP contribution < -0.4 is 15.2 Å². The van der Waals surface area contributed by atoms with Crippen molar-refractivity contribution in [3.8, 4) is 33.8 Å². The Hall–Kier alpha value is -3.94. The van der Waals surface area contributed by atoms with Crippen molar-refractivity contribution in [1.82, 2.24) is 0 Å². The highest BCUT2D eigenvalue weighted by atomic mass is 19.3. The van der Waals surface area contributed by atoms with Gasteiger partial charge in [0.15, 0.2) is 11.5 Å². The molecular formula is C25H21F2NO5. The van der Waals surface area contributed by atoms with Crippen molar-refractivity contribution in [3.05, 3.63) is 71.3 Å². The van der Waals surface area contributed by atoms with Crippen LogP contribution in [0.3, 0.4) is 0 Å². The quantitative estimate of drug-likeness (QED) is 0.525. The van der Waals surface area contributed by atoms with E-state index in [1.807, 2.05) is 24.3 Å². The number of amides is 1. The van der Waals surface area contributed by atoms with Gasteiger partial charge in [0.25, 0.3) is 5.91 Å². The summed E-state index contributed by atoms with van der Waals surface area (Å²) < 4.78 is 36.2. The fourth-order valence-corrected chi connectivity index (χ4v) is 4.02. The zero-order chi connectivity index (χ0) is 23.9. The topological polar surface area (TPSA) is 98.9 Å². The Morgan fingerprint density at radius 2 is 1.58 bits per heavy atom. The summed E-state index contributed by atoms with van der Waals surface area (Å²) in [5.41, 5.74) is 7.39. The number of carboxylic acid groups (broad SMARTS) is 1. The Labute approximate surface area is 188 Å². The van der Waals surface area contributed by atoms with Crippen LogP contribution in [0.2, 0.25) is 0 Å². The molecule has 4 rings (SSSR count). The molecule has 3 N–H and O–H groups in total. The lowest BCUT2D eigenvalue weighted by atomic mass is 9.88. The lowest BCUT2D eigenvalue weighted by molar-refractivity contribution is -0.286. The van der Waals surface area contributed by atoms with Crippen LogP contribution >= 0.6 is 0 Å². The minimum Gasteiger partial charge on any atom is -0.478 e. The first-order chi connectivity index (χ1) is 15.6. The summed E-state index contributed by atoms with van der Waals surface area (Å²) in [4.78, 5) is 24.5. The summed E-state index contributed by atoms with van der Waals surface area (Å²) in [6, 6.07) is 14.8. The van der Waals surface area contributed by atoms with Crippen LogP contribution in [0, 0.1) is 5.92 Å². The van der Waals surface area contributed by atoms with Crippen molar-refractivity contribution in [3.63, 3.8) is 0 Å². The van der Waals surface area contributed by atoms with Gasteiger partial charge in [0.05, 0.1) is 11.1 Å². The molecule has 0 unspecified atom stereocenters. The molecule has 0 bridgehead atoms. The molecule has 33 heavy (non-hydrogen) atoms. The number of ether oxygens (including phenoxy) is 2. The molecule has 1 amide bonds. The fraction of sp³-hybridized carbons (Fsp3) is 0.200. The van der Waals surface area contributed by atoms with Gasteiger partial charge in [-0.15, -0.1) is 8.78 Å². The number of benzene rings is 3. The third kappa shape index (κ3) is 4.24. The normalized spacial score (nSPS) is 13.8. The first-order valence-electron chi connectivity index (χ1n) is 10.3. The number of rotatable bonds is 6. The number of fused-ring (bicyclic) bond motifs is 1. The van der Waals surface area contributed by atoms with Crippen molar-refractivity contribution in [2.75, 3.05) is 0 Å². The van der Waals surface area contributed by atoms with Gasteiger partial charge in [0.1, 0.15) is 0 Å². The molecule has 0 radical (unpaired) electrons. The van der Waals surface area contributed by atoms with Crippen LogP contribution in [0.15, 0.2) is 54.6 Å². The number of nitrogens with two attached hydrogens (primary N) is 1. The second-order valence-electron chi connectivity index (χ2n) is 8.18. The molecule has 0 fully saturated rings. The molecule has 1 heterocycles. The van der Waals surface area contributed by atoms with Crippen molar-refractivity contribution in [2.45, 2.75) is 26.6 Å². The highest BCUT2D eigenvalue weighted by Gasteiger charge is 2.46. The predicted molar refractivity (Wildman–Crippen MR) is 118 cm³/mol. The van der Waals surface area contributed by atoms with Gasteiger partial charge in [-0.2, -0.15) is 0 Å². The fourth-order valence-electron chi connectivity index (χ4n) is 4.02. The molecule has 0 aromatic heterocycles. The van der Waals surface area contributed by atoms with Gasteiger partial charge in [-0.05, 0) is 52.3 Å². The number of hydrogen-bond acceptors (Lipinski definition) is 4. The minimum atomic E-state index is -3.96. The predicted octanol–water partition coefficient (Wildman–Crippen LogP) is 5.34. The molecule has 3 aromatic rings. The van der Waals surface area contributed by atoms with E-state index in [1.54, 1.807) is 12.1 Å². The van der Waals surface area contributed by atoms with E-state index < -0.39 is 23.9 Å². The SMILES string of the molecule is CC(C)Cc1ccc(-c2cccc(-c3ccc4c(c3C(N)=O)OC(F)(F)O4)c2C(=O)O)cc1. The Morgan fingerprint density at radius 1 is 0.939 bits per heavy atom. The van der Waals surface area contributed by atoms with Gasteiger partial charge >= 0.3 is 12.3 Å².